The second-order valence-electron chi connectivity index (χ2n) is 3.34. The molecule has 0 aromatic carbocycles. The highest BCUT2D eigenvalue weighted by atomic mass is 16.5. The Morgan fingerprint density at radius 1 is 1.47 bits per heavy atom. The van der Waals surface area contributed by atoms with Gasteiger partial charge in [0, 0.05) is 6.20 Å². The molecule has 1 N–H and O–H groups in total. The predicted molar refractivity (Wildman–Crippen MR) is 59.6 cm³/mol. The van der Waals surface area contributed by atoms with Gasteiger partial charge in [0.15, 0.2) is 5.82 Å². The second-order valence-corrected chi connectivity index (χ2v) is 3.34. The Morgan fingerprint density at radius 3 is 3.00 bits per heavy atom. The van der Waals surface area contributed by atoms with Crippen molar-refractivity contribution >= 4 is 0 Å². The highest BCUT2D eigenvalue weighted by Gasteiger charge is 2.09. The van der Waals surface area contributed by atoms with Crippen LogP contribution in [-0.2, 0) is 6.54 Å². The third kappa shape index (κ3) is 2.65. The molecular weight excluding hydrogens is 218 g/mol. The monoisotopic (exact) mass is 229 g/mol. The fourth-order valence-electron chi connectivity index (χ4n) is 1.25. The molecule has 0 spiro atoms. The van der Waals surface area contributed by atoms with Gasteiger partial charge in [-0.2, -0.15) is 10.2 Å². The van der Waals surface area contributed by atoms with E-state index in [1.165, 1.54) is 6.20 Å². The van der Waals surface area contributed by atoms with Crippen LogP contribution in [0.2, 0.25) is 0 Å². The van der Waals surface area contributed by atoms with Crippen molar-refractivity contribution in [1.29, 1.82) is 5.26 Å². The van der Waals surface area contributed by atoms with Crippen LogP contribution in [0.3, 0.4) is 0 Å². The number of nitriles is 1. The van der Waals surface area contributed by atoms with E-state index < -0.39 is 0 Å². The minimum atomic E-state index is 0.363. The first-order valence-corrected chi connectivity index (χ1v) is 5.23. The van der Waals surface area contributed by atoms with Gasteiger partial charge >= 0.3 is 0 Å². The summed E-state index contributed by atoms with van der Waals surface area (Å²) in [5.74, 6) is 0.954. The molecule has 2 rings (SSSR count). The van der Waals surface area contributed by atoms with E-state index in [1.807, 2.05) is 13.0 Å². The summed E-state index contributed by atoms with van der Waals surface area (Å²) < 4.78 is 5.07. The van der Waals surface area contributed by atoms with Crippen molar-refractivity contribution < 1.29 is 4.52 Å². The zero-order valence-electron chi connectivity index (χ0n) is 9.34. The Balaban J connectivity index is 2.16. The number of rotatable bonds is 4. The maximum absolute atomic E-state index is 8.65. The minimum Gasteiger partial charge on any atom is -0.332 e. The molecule has 0 aliphatic heterocycles. The van der Waals surface area contributed by atoms with Crippen molar-refractivity contribution in [2.75, 3.05) is 6.54 Å². The van der Waals surface area contributed by atoms with Gasteiger partial charge in [0.05, 0.1) is 12.1 Å². The van der Waals surface area contributed by atoms with Gasteiger partial charge in [-0.25, -0.2) is 4.98 Å². The zero-order chi connectivity index (χ0) is 12.1. The highest BCUT2D eigenvalue weighted by Crippen LogP contribution is 2.14. The first-order valence-electron chi connectivity index (χ1n) is 5.23. The fourth-order valence-corrected chi connectivity index (χ4v) is 1.25. The third-order valence-corrected chi connectivity index (χ3v) is 2.11. The summed E-state index contributed by atoms with van der Waals surface area (Å²) in [4.78, 5) is 8.26. The average molecular weight is 229 g/mol. The quantitative estimate of drug-likeness (QED) is 0.845. The Labute approximate surface area is 98.3 Å². The van der Waals surface area contributed by atoms with Crippen LogP contribution in [0, 0.1) is 11.3 Å². The maximum Gasteiger partial charge on any atom is 0.276 e. The number of hydrogen-bond donors (Lipinski definition) is 1. The molecule has 0 aliphatic rings. The lowest BCUT2D eigenvalue weighted by Gasteiger charge is -1.93. The molecule has 17 heavy (non-hydrogen) atoms. The van der Waals surface area contributed by atoms with Gasteiger partial charge in [0.1, 0.15) is 11.8 Å². The van der Waals surface area contributed by atoms with Crippen LogP contribution in [0.25, 0.3) is 11.6 Å². The molecule has 0 radical (unpaired) electrons. The van der Waals surface area contributed by atoms with Gasteiger partial charge in [0.25, 0.3) is 5.89 Å². The van der Waals surface area contributed by atoms with Gasteiger partial charge in [-0.1, -0.05) is 12.1 Å². The standard InChI is InChI=1S/C11H11N5O/c1-2-13-7-10-15-11(17-16-10)9-4-3-8(5-12)6-14-9/h3-4,6,13H,2,7H2,1H3. The molecule has 2 heterocycles. The van der Waals surface area contributed by atoms with E-state index >= 15 is 0 Å². The van der Waals surface area contributed by atoms with Crippen LogP contribution in [0.5, 0.6) is 0 Å². The van der Waals surface area contributed by atoms with E-state index in [-0.39, 0.29) is 0 Å². The number of pyridine rings is 1. The molecular formula is C11H11N5O. The predicted octanol–water partition coefficient (Wildman–Crippen LogP) is 1.11. The molecule has 6 heteroatoms. The minimum absolute atomic E-state index is 0.363. The fraction of sp³-hybridized carbons (Fsp3) is 0.273. The summed E-state index contributed by atoms with van der Waals surface area (Å²) in [6.07, 6.45) is 1.48. The van der Waals surface area contributed by atoms with Crippen molar-refractivity contribution in [3.8, 4) is 17.7 Å². The smallest absolute Gasteiger partial charge is 0.276 e. The molecule has 0 atom stereocenters. The van der Waals surface area contributed by atoms with Gasteiger partial charge in [0.2, 0.25) is 0 Å². The Bertz CT molecular complexity index is 526. The number of hydrogen-bond acceptors (Lipinski definition) is 6. The van der Waals surface area contributed by atoms with Crippen molar-refractivity contribution in [1.82, 2.24) is 20.4 Å². The molecule has 0 saturated heterocycles. The number of nitrogens with one attached hydrogen (secondary N) is 1. The molecule has 6 nitrogen and oxygen atoms in total. The largest absolute Gasteiger partial charge is 0.332 e. The van der Waals surface area contributed by atoms with E-state index in [9.17, 15) is 0 Å². The molecule has 0 bridgehead atoms. The third-order valence-electron chi connectivity index (χ3n) is 2.11. The zero-order valence-corrected chi connectivity index (χ0v) is 9.34. The van der Waals surface area contributed by atoms with Crippen LogP contribution < -0.4 is 5.32 Å². The van der Waals surface area contributed by atoms with E-state index in [2.05, 4.69) is 20.4 Å². The molecule has 2 aromatic heterocycles. The lowest BCUT2D eigenvalue weighted by molar-refractivity contribution is 0.418. The van der Waals surface area contributed by atoms with E-state index in [1.54, 1.807) is 12.1 Å². The van der Waals surface area contributed by atoms with Crippen molar-refractivity contribution in [2.45, 2.75) is 13.5 Å². The first kappa shape index (κ1) is 11.2. The molecule has 0 saturated carbocycles. The summed E-state index contributed by atoms with van der Waals surface area (Å²) >= 11 is 0. The van der Waals surface area contributed by atoms with Crippen LogP contribution in [0.15, 0.2) is 22.9 Å². The molecule has 0 fully saturated rings. The van der Waals surface area contributed by atoms with E-state index in [0.29, 0.717) is 29.5 Å². The Hall–Kier alpha value is -2.26. The summed E-state index contributed by atoms with van der Waals surface area (Å²) in [6.45, 7) is 3.42. The Morgan fingerprint density at radius 2 is 2.35 bits per heavy atom. The average Bonchev–Trinajstić information content (AvgIpc) is 2.85. The summed E-state index contributed by atoms with van der Waals surface area (Å²) in [5.41, 5.74) is 1.07. The SMILES string of the molecule is CCNCc1noc(-c2ccc(C#N)cn2)n1. The molecule has 0 aliphatic carbocycles. The van der Waals surface area contributed by atoms with Crippen LogP contribution in [0.4, 0.5) is 0 Å². The van der Waals surface area contributed by atoms with Crippen molar-refractivity contribution in [3.05, 3.63) is 29.7 Å². The topological polar surface area (TPSA) is 87.6 Å². The van der Waals surface area contributed by atoms with Gasteiger partial charge in [-0.15, -0.1) is 0 Å². The highest BCUT2D eigenvalue weighted by molar-refractivity contribution is 5.47. The number of aromatic nitrogens is 3. The molecule has 2 aromatic rings. The maximum atomic E-state index is 8.65. The van der Waals surface area contributed by atoms with E-state index in [4.69, 9.17) is 9.78 Å². The van der Waals surface area contributed by atoms with Gasteiger partial charge in [-0.05, 0) is 18.7 Å². The molecule has 86 valence electrons. The number of nitrogens with zero attached hydrogens (tertiary/aromatic N) is 4. The van der Waals surface area contributed by atoms with E-state index in [0.717, 1.165) is 6.54 Å². The normalized spacial score (nSPS) is 10.1. The van der Waals surface area contributed by atoms with Crippen LogP contribution >= 0.6 is 0 Å². The first-order chi connectivity index (χ1) is 8.33. The van der Waals surface area contributed by atoms with Crippen molar-refractivity contribution in [2.24, 2.45) is 0 Å². The van der Waals surface area contributed by atoms with Crippen molar-refractivity contribution in [3.63, 3.8) is 0 Å². The molecule has 0 unspecified atom stereocenters. The lowest BCUT2D eigenvalue weighted by Crippen LogP contribution is -2.12. The lowest BCUT2D eigenvalue weighted by atomic mass is 10.3. The summed E-state index contributed by atoms with van der Waals surface area (Å²) in [5, 5.41) is 15.6. The molecule has 0 amide bonds. The summed E-state index contributed by atoms with van der Waals surface area (Å²) in [7, 11) is 0. The second kappa shape index (κ2) is 5.18. The van der Waals surface area contributed by atoms with Crippen LogP contribution in [0.1, 0.15) is 18.3 Å². The van der Waals surface area contributed by atoms with Gasteiger partial charge < -0.3 is 9.84 Å². The summed E-state index contributed by atoms with van der Waals surface area (Å²) in [6, 6.07) is 5.35. The van der Waals surface area contributed by atoms with Gasteiger partial charge in [-0.3, -0.25) is 0 Å². The Kier molecular flexibility index (Phi) is 3.43. The van der Waals surface area contributed by atoms with Crippen LogP contribution in [-0.4, -0.2) is 21.7 Å².